The first-order valence-corrected chi connectivity index (χ1v) is 7.29. The summed E-state index contributed by atoms with van der Waals surface area (Å²) in [5.74, 6) is 0. The van der Waals surface area contributed by atoms with Crippen molar-refractivity contribution in [2.75, 3.05) is 32.7 Å². The Morgan fingerprint density at radius 1 is 1.28 bits per heavy atom. The number of nitrogens with one attached hydrogen (secondary N) is 1. The molecule has 1 aromatic carbocycles. The number of hydrogen-bond acceptors (Lipinski definition) is 3. The molecular weight excluding hydrogens is 292 g/mol. The van der Waals surface area contributed by atoms with Crippen molar-refractivity contribution < 1.29 is 5.11 Å². The fourth-order valence-electron chi connectivity index (χ4n) is 2.26. The van der Waals surface area contributed by atoms with Crippen LogP contribution in [0.2, 0.25) is 0 Å². The van der Waals surface area contributed by atoms with E-state index in [1.54, 1.807) is 0 Å². The molecule has 1 saturated heterocycles. The Kier molecular flexibility index (Phi) is 4.78. The third-order valence-electron chi connectivity index (χ3n) is 3.59. The largest absolute Gasteiger partial charge is 0.385 e. The van der Waals surface area contributed by atoms with Gasteiger partial charge in [-0.1, -0.05) is 28.1 Å². The van der Waals surface area contributed by atoms with Crippen LogP contribution in [0.15, 0.2) is 28.7 Å². The topological polar surface area (TPSA) is 35.5 Å². The van der Waals surface area contributed by atoms with Crippen LogP contribution in [0.5, 0.6) is 0 Å². The molecule has 3 nitrogen and oxygen atoms in total. The molecule has 100 valence electrons. The van der Waals surface area contributed by atoms with Gasteiger partial charge in [0.05, 0.1) is 5.60 Å². The van der Waals surface area contributed by atoms with Crippen molar-refractivity contribution in [1.82, 2.24) is 10.2 Å². The molecule has 1 heterocycles. The van der Waals surface area contributed by atoms with Gasteiger partial charge >= 0.3 is 0 Å². The fourth-order valence-corrected chi connectivity index (χ4v) is 2.53. The van der Waals surface area contributed by atoms with Gasteiger partial charge in [0.25, 0.3) is 0 Å². The Hall–Kier alpha value is -0.420. The first kappa shape index (κ1) is 14.0. The highest BCUT2D eigenvalue weighted by Gasteiger charge is 2.24. The number of benzene rings is 1. The minimum Gasteiger partial charge on any atom is -0.385 e. The van der Waals surface area contributed by atoms with Gasteiger partial charge in [-0.05, 0) is 31.0 Å². The lowest BCUT2D eigenvalue weighted by Crippen LogP contribution is -2.45. The zero-order valence-electron chi connectivity index (χ0n) is 10.8. The van der Waals surface area contributed by atoms with Gasteiger partial charge < -0.3 is 15.3 Å². The Morgan fingerprint density at radius 2 is 1.89 bits per heavy atom. The number of aliphatic hydroxyl groups is 1. The molecule has 18 heavy (non-hydrogen) atoms. The van der Waals surface area contributed by atoms with Crippen LogP contribution >= 0.6 is 15.9 Å². The molecule has 0 spiro atoms. The van der Waals surface area contributed by atoms with Crippen molar-refractivity contribution in [2.24, 2.45) is 0 Å². The highest BCUT2D eigenvalue weighted by molar-refractivity contribution is 9.10. The summed E-state index contributed by atoms with van der Waals surface area (Å²) >= 11 is 3.42. The first-order valence-electron chi connectivity index (χ1n) is 6.49. The molecule has 0 amide bonds. The molecule has 2 N–H and O–H groups in total. The van der Waals surface area contributed by atoms with Crippen LogP contribution < -0.4 is 5.32 Å². The second kappa shape index (κ2) is 6.15. The molecule has 1 atom stereocenters. The summed E-state index contributed by atoms with van der Waals surface area (Å²) in [5.41, 5.74) is 0.242. The molecule has 0 radical (unpaired) electrons. The second-order valence-electron chi connectivity index (χ2n) is 5.12. The molecule has 0 aromatic heterocycles. The average molecular weight is 313 g/mol. The van der Waals surface area contributed by atoms with E-state index in [0.29, 0.717) is 0 Å². The molecule has 4 heteroatoms. The van der Waals surface area contributed by atoms with E-state index in [-0.39, 0.29) is 0 Å². The van der Waals surface area contributed by atoms with E-state index in [9.17, 15) is 5.11 Å². The van der Waals surface area contributed by atoms with Crippen molar-refractivity contribution in [3.05, 3.63) is 34.3 Å². The Bertz CT molecular complexity index is 372. The van der Waals surface area contributed by atoms with E-state index >= 15 is 0 Å². The van der Waals surface area contributed by atoms with Crippen LogP contribution in [0.25, 0.3) is 0 Å². The van der Waals surface area contributed by atoms with Crippen molar-refractivity contribution in [2.45, 2.75) is 18.9 Å². The number of piperazine rings is 1. The predicted molar refractivity (Wildman–Crippen MR) is 77.6 cm³/mol. The van der Waals surface area contributed by atoms with Gasteiger partial charge in [0, 0.05) is 37.2 Å². The minimum absolute atomic E-state index is 0.744. The molecule has 1 aromatic rings. The number of hydrogen-bond donors (Lipinski definition) is 2. The monoisotopic (exact) mass is 312 g/mol. The van der Waals surface area contributed by atoms with E-state index < -0.39 is 5.60 Å². The average Bonchev–Trinajstić information content (AvgIpc) is 2.38. The maximum absolute atomic E-state index is 10.5. The van der Waals surface area contributed by atoms with E-state index in [0.717, 1.165) is 49.2 Å². The highest BCUT2D eigenvalue weighted by atomic mass is 79.9. The third-order valence-corrected chi connectivity index (χ3v) is 4.12. The fraction of sp³-hybridized carbons (Fsp3) is 0.571. The molecule has 1 fully saturated rings. The smallest absolute Gasteiger partial charge is 0.0880 e. The summed E-state index contributed by atoms with van der Waals surface area (Å²) < 4.78 is 1.05. The standard InChI is InChI=1S/C14H21BrN2O/c1-14(18,12-2-4-13(15)5-3-12)6-9-17-10-7-16-8-11-17/h2-5,16,18H,6-11H2,1H3. The quantitative estimate of drug-likeness (QED) is 0.892. The molecule has 0 aliphatic carbocycles. The highest BCUT2D eigenvalue weighted by Crippen LogP contribution is 2.26. The zero-order chi connectivity index (χ0) is 13.0. The molecule has 0 saturated carbocycles. The first-order chi connectivity index (χ1) is 8.58. The van der Waals surface area contributed by atoms with Crippen molar-refractivity contribution in [3.8, 4) is 0 Å². The molecule has 1 aliphatic rings. The van der Waals surface area contributed by atoms with Crippen molar-refractivity contribution in [1.29, 1.82) is 0 Å². The van der Waals surface area contributed by atoms with Crippen LogP contribution in [0.4, 0.5) is 0 Å². The lowest BCUT2D eigenvalue weighted by molar-refractivity contribution is 0.0345. The maximum Gasteiger partial charge on any atom is 0.0880 e. The second-order valence-corrected chi connectivity index (χ2v) is 6.04. The summed E-state index contributed by atoms with van der Waals surface area (Å²) in [6.45, 7) is 7.12. The van der Waals surface area contributed by atoms with Crippen LogP contribution in [-0.4, -0.2) is 42.7 Å². The molecule has 0 bridgehead atoms. The Labute approximate surface area is 117 Å². The summed E-state index contributed by atoms with van der Waals surface area (Å²) in [4.78, 5) is 2.41. The number of halogens is 1. The lowest BCUT2D eigenvalue weighted by atomic mass is 9.92. The zero-order valence-corrected chi connectivity index (χ0v) is 12.4. The van der Waals surface area contributed by atoms with E-state index in [1.165, 1.54) is 0 Å². The Balaban J connectivity index is 1.91. The lowest BCUT2D eigenvalue weighted by Gasteiger charge is -2.31. The van der Waals surface area contributed by atoms with Gasteiger partial charge in [-0.25, -0.2) is 0 Å². The SMILES string of the molecule is CC(O)(CCN1CCNCC1)c1ccc(Br)cc1. The van der Waals surface area contributed by atoms with Crippen LogP contribution in [-0.2, 0) is 5.60 Å². The minimum atomic E-state index is -0.744. The number of nitrogens with zero attached hydrogens (tertiary/aromatic N) is 1. The molecule has 2 rings (SSSR count). The molecular formula is C14H21BrN2O. The van der Waals surface area contributed by atoms with E-state index in [2.05, 4.69) is 26.1 Å². The summed E-state index contributed by atoms with van der Waals surface area (Å²) in [6, 6.07) is 7.94. The third kappa shape index (κ3) is 3.79. The van der Waals surface area contributed by atoms with Gasteiger partial charge in [0.1, 0.15) is 0 Å². The van der Waals surface area contributed by atoms with E-state index in [1.807, 2.05) is 31.2 Å². The van der Waals surface area contributed by atoms with Crippen LogP contribution in [0.1, 0.15) is 18.9 Å². The van der Waals surface area contributed by atoms with Crippen molar-refractivity contribution in [3.63, 3.8) is 0 Å². The van der Waals surface area contributed by atoms with Crippen LogP contribution in [0.3, 0.4) is 0 Å². The summed E-state index contributed by atoms with van der Waals surface area (Å²) in [6.07, 6.45) is 0.772. The maximum atomic E-state index is 10.5. The normalized spacial score (nSPS) is 20.6. The van der Waals surface area contributed by atoms with Gasteiger partial charge in [-0.3, -0.25) is 0 Å². The van der Waals surface area contributed by atoms with Crippen LogP contribution in [0, 0.1) is 0 Å². The van der Waals surface area contributed by atoms with Gasteiger partial charge in [-0.15, -0.1) is 0 Å². The summed E-state index contributed by atoms with van der Waals surface area (Å²) in [5, 5.41) is 13.9. The molecule has 1 unspecified atom stereocenters. The molecule has 1 aliphatic heterocycles. The summed E-state index contributed by atoms with van der Waals surface area (Å²) in [7, 11) is 0. The van der Waals surface area contributed by atoms with E-state index in [4.69, 9.17) is 0 Å². The van der Waals surface area contributed by atoms with Gasteiger partial charge in [0.15, 0.2) is 0 Å². The van der Waals surface area contributed by atoms with Crippen molar-refractivity contribution >= 4 is 15.9 Å². The van der Waals surface area contributed by atoms with Gasteiger partial charge in [-0.2, -0.15) is 0 Å². The predicted octanol–water partition coefficient (Wildman–Crippen LogP) is 1.95. The number of rotatable bonds is 4. The Morgan fingerprint density at radius 3 is 2.50 bits per heavy atom. The van der Waals surface area contributed by atoms with Gasteiger partial charge in [0.2, 0.25) is 0 Å².